The van der Waals surface area contributed by atoms with Gasteiger partial charge in [-0.05, 0) is 31.5 Å². The van der Waals surface area contributed by atoms with Gasteiger partial charge in [-0.15, -0.1) is 0 Å². The molecule has 0 spiro atoms. The van der Waals surface area contributed by atoms with Gasteiger partial charge in [-0.1, -0.05) is 13.0 Å². The summed E-state index contributed by atoms with van der Waals surface area (Å²) in [6.07, 6.45) is 0. The van der Waals surface area contributed by atoms with Crippen molar-refractivity contribution in [1.82, 2.24) is 10.0 Å². The summed E-state index contributed by atoms with van der Waals surface area (Å²) in [5.41, 5.74) is 0.683. The third-order valence-corrected chi connectivity index (χ3v) is 4.36. The lowest BCUT2D eigenvalue weighted by atomic mass is 10.1. The van der Waals surface area contributed by atoms with Crippen molar-refractivity contribution < 1.29 is 23.1 Å². The SMILES string of the molecule is CCNS(=O)(=O)c1ccc(C)c(C(=O)N[C@H](C)C(=O)O)c1. The minimum absolute atomic E-state index is 0.0388. The quantitative estimate of drug-likeness (QED) is 0.707. The molecule has 0 heterocycles. The molecule has 0 unspecified atom stereocenters. The van der Waals surface area contributed by atoms with Crippen molar-refractivity contribution in [1.29, 1.82) is 0 Å². The van der Waals surface area contributed by atoms with Gasteiger partial charge in [0, 0.05) is 12.1 Å². The van der Waals surface area contributed by atoms with Gasteiger partial charge < -0.3 is 10.4 Å². The van der Waals surface area contributed by atoms with E-state index in [1.807, 2.05) is 0 Å². The van der Waals surface area contributed by atoms with Crippen LogP contribution in [-0.4, -0.2) is 38.0 Å². The molecule has 1 aromatic carbocycles. The summed E-state index contributed by atoms with van der Waals surface area (Å²) in [6, 6.07) is 3.07. The van der Waals surface area contributed by atoms with E-state index in [0.717, 1.165) is 0 Å². The highest BCUT2D eigenvalue weighted by Crippen LogP contribution is 2.15. The van der Waals surface area contributed by atoms with Gasteiger partial charge in [0.1, 0.15) is 6.04 Å². The third-order valence-electron chi connectivity index (χ3n) is 2.82. The molecule has 0 fully saturated rings. The standard InChI is InChI=1S/C13H18N2O5S/c1-4-14-21(19,20)10-6-5-8(2)11(7-10)12(16)15-9(3)13(17)18/h5-7,9,14H,4H2,1-3H3,(H,15,16)(H,17,18)/t9-/m1/s1. The van der Waals surface area contributed by atoms with Gasteiger partial charge in [-0.2, -0.15) is 0 Å². The highest BCUT2D eigenvalue weighted by molar-refractivity contribution is 7.89. The van der Waals surface area contributed by atoms with E-state index in [9.17, 15) is 18.0 Å². The minimum atomic E-state index is -3.67. The maximum Gasteiger partial charge on any atom is 0.325 e. The van der Waals surface area contributed by atoms with E-state index in [1.165, 1.54) is 25.1 Å². The Morgan fingerprint density at radius 2 is 1.95 bits per heavy atom. The molecule has 0 saturated heterocycles. The van der Waals surface area contributed by atoms with Crippen molar-refractivity contribution in [2.45, 2.75) is 31.7 Å². The lowest BCUT2D eigenvalue weighted by molar-refractivity contribution is -0.138. The molecular formula is C13H18N2O5S. The molecule has 3 N–H and O–H groups in total. The summed E-state index contributed by atoms with van der Waals surface area (Å²) in [7, 11) is -3.67. The smallest absolute Gasteiger partial charge is 0.325 e. The lowest BCUT2D eigenvalue weighted by Gasteiger charge is -2.12. The number of carbonyl (C=O) groups excluding carboxylic acids is 1. The number of carboxylic acid groups (broad SMARTS) is 1. The first-order valence-corrected chi connectivity index (χ1v) is 7.81. The maximum atomic E-state index is 12.0. The average molecular weight is 314 g/mol. The van der Waals surface area contributed by atoms with Gasteiger partial charge in [0.25, 0.3) is 5.91 Å². The molecule has 0 aliphatic rings. The van der Waals surface area contributed by atoms with Gasteiger partial charge in [0.15, 0.2) is 0 Å². The van der Waals surface area contributed by atoms with E-state index in [4.69, 9.17) is 5.11 Å². The highest BCUT2D eigenvalue weighted by atomic mass is 32.2. The summed E-state index contributed by atoms with van der Waals surface area (Å²) >= 11 is 0. The van der Waals surface area contributed by atoms with Crippen molar-refractivity contribution >= 4 is 21.9 Å². The minimum Gasteiger partial charge on any atom is -0.480 e. The average Bonchev–Trinajstić information content (AvgIpc) is 2.38. The Balaban J connectivity index is 3.14. The van der Waals surface area contributed by atoms with Crippen LogP contribution in [-0.2, 0) is 14.8 Å². The zero-order valence-corrected chi connectivity index (χ0v) is 12.8. The van der Waals surface area contributed by atoms with Crippen molar-refractivity contribution in [2.75, 3.05) is 6.54 Å². The molecule has 1 atom stereocenters. The lowest BCUT2D eigenvalue weighted by Crippen LogP contribution is -2.38. The van der Waals surface area contributed by atoms with Crippen LogP contribution in [0.2, 0.25) is 0 Å². The van der Waals surface area contributed by atoms with E-state index in [-0.39, 0.29) is 17.0 Å². The van der Waals surface area contributed by atoms with E-state index in [0.29, 0.717) is 5.56 Å². The number of sulfonamides is 1. The number of carbonyl (C=O) groups is 2. The fourth-order valence-corrected chi connectivity index (χ4v) is 2.69. The molecule has 116 valence electrons. The predicted octanol–water partition coefficient (Wildman–Crippen LogP) is 0.496. The molecular weight excluding hydrogens is 296 g/mol. The van der Waals surface area contributed by atoms with Crippen LogP contribution in [0.3, 0.4) is 0 Å². The summed E-state index contributed by atoms with van der Waals surface area (Å²) in [4.78, 5) is 22.7. The number of hydrogen-bond donors (Lipinski definition) is 3. The first kappa shape index (κ1) is 17.1. The molecule has 0 radical (unpaired) electrons. The second kappa shape index (κ2) is 6.68. The molecule has 0 aromatic heterocycles. The van der Waals surface area contributed by atoms with Crippen LogP contribution in [0.5, 0.6) is 0 Å². The molecule has 0 bridgehead atoms. The molecule has 0 saturated carbocycles. The zero-order valence-electron chi connectivity index (χ0n) is 12.0. The van der Waals surface area contributed by atoms with Crippen LogP contribution < -0.4 is 10.0 Å². The number of hydrogen-bond acceptors (Lipinski definition) is 4. The summed E-state index contributed by atoms with van der Waals surface area (Å²) < 4.78 is 26.2. The monoisotopic (exact) mass is 314 g/mol. The van der Waals surface area contributed by atoms with Crippen LogP contribution in [0.4, 0.5) is 0 Å². The van der Waals surface area contributed by atoms with Crippen LogP contribution >= 0.6 is 0 Å². The molecule has 1 amide bonds. The molecule has 1 rings (SSSR count). The van der Waals surface area contributed by atoms with Gasteiger partial charge in [0.05, 0.1) is 4.90 Å². The van der Waals surface area contributed by atoms with Gasteiger partial charge in [-0.3, -0.25) is 9.59 Å². The van der Waals surface area contributed by atoms with Crippen LogP contribution in [0, 0.1) is 6.92 Å². The summed E-state index contributed by atoms with van der Waals surface area (Å²) in [6.45, 7) is 4.85. The number of aliphatic carboxylic acids is 1. The largest absolute Gasteiger partial charge is 0.480 e. The van der Waals surface area contributed by atoms with Crippen LogP contribution in [0.1, 0.15) is 29.8 Å². The number of nitrogens with one attached hydrogen (secondary N) is 2. The van der Waals surface area contributed by atoms with Gasteiger partial charge >= 0.3 is 5.97 Å². The number of carboxylic acids is 1. The van der Waals surface area contributed by atoms with Gasteiger partial charge in [-0.25, -0.2) is 13.1 Å². The van der Waals surface area contributed by atoms with E-state index >= 15 is 0 Å². The molecule has 1 aromatic rings. The third kappa shape index (κ3) is 4.27. The first-order valence-electron chi connectivity index (χ1n) is 6.33. The predicted molar refractivity (Wildman–Crippen MR) is 76.6 cm³/mol. The Bertz CT molecular complexity index is 655. The van der Waals surface area contributed by atoms with E-state index in [1.54, 1.807) is 13.8 Å². The molecule has 7 nitrogen and oxygen atoms in total. The Kier molecular flexibility index (Phi) is 5.45. The van der Waals surface area contributed by atoms with E-state index in [2.05, 4.69) is 10.0 Å². The van der Waals surface area contributed by atoms with E-state index < -0.39 is 27.9 Å². The summed E-state index contributed by atoms with van der Waals surface area (Å²) in [5.74, 6) is -1.80. The van der Waals surface area contributed by atoms with Crippen molar-refractivity contribution in [2.24, 2.45) is 0 Å². The van der Waals surface area contributed by atoms with Gasteiger partial charge in [0.2, 0.25) is 10.0 Å². The highest BCUT2D eigenvalue weighted by Gasteiger charge is 2.20. The zero-order chi connectivity index (χ0) is 16.2. The second-order valence-electron chi connectivity index (χ2n) is 4.51. The maximum absolute atomic E-state index is 12.0. The number of rotatable bonds is 6. The fraction of sp³-hybridized carbons (Fsp3) is 0.385. The Morgan fingerprint density at radius 3 is 2.48 bits per heavy atom. The normalized spacial score (nSPS) is 12.7. The fourth-order valence-electron chi connectivity index (χ4n) is 1.62. The number of benzene rings is 1. The second-order valence-corrected chi connectivity index (χ2v) is 6.28. The Morgan fingerprint density at radius 1 is 1.33 bits per heavy atom. The van der Waals surface area contributed by atoms with Crippen molar-refractivity contribution in [3.63, 3.8) is 0 Å². The Labute approximate surface area is 123 Å². The van der Waals surface area contributed by atoms with Crippen molar-refractivity contribution in [3.05, 3.63) is 29.3 Å². The van der Waals surface area contributed by atoms with Crippen LogP contribution in [0.25, 0.3) is 0 Å². The molecule has 0 aliphatic carbocycles. The number of amides is 1. The van der Waals surface area contributed by atoms with Crippen LogP contribution in [0.15, 0.2) is 23.1 Å². The molecule has 8 heteroatoms. The summed E-state index contributed by atoms with van der Waals surface area (Å²) in [5, 5.41) is 11.1. The van der Waals surface area contributed by atoms with Crippen molar-refractivity contribution in [3.8, 4) is 0 Å². The first-order chi connectivity index (χ1) is 9.69. The topological polar surface area (TPSA) is 113 Å². The molecule has 0 aliphatic heterocycles. The Hall–Kier alpha value is -1.93. The number of aryl methyl sites for hydroxylation is 1. The molecule has 21 heavy (non-hydrogen) atoms.